The van der Waals surface area contributed by atoms with Gasteiger partial charge in [0.1, 0.15) is 0 Å². The highest BCUT2D eigenvalue weighted by Gasteiger charge is 2.17. The third-order valence-electron chi connectivity index (χ3n) is 3.62. The van der Waals surface area contributed by atoms with E-state index in [9.17, 15) is 9.90 Å². The number of benzene rings is 2. The minimum atomic E-state index is -1.28. The first kappa shape index (κ1) is 16.5. The molecule has 5 nitrogen and oxygen atoms in total. The Balaban J connectivity index is 1.85. The van der Waals surface area contributed by atoms with E-state index in [-0.39, 0.29) is 0 Å². The van der Waals surface area contributed by atoms with Crippen molar-refractivity contribution in [3.8, 4) is 0 Å². The smallest absolute Gasteiger partial charge is 0.273 e. The van der Waals surface area contributed by atoms with Crippen molar-refractivity contribution in [1.82, 2.24) is 10.4 Å². The fourth-order valence-corrected chi connectivity index (χ4v) is 2.35. The molecule has 0 saturated carbocycles. The number of nitrogens with one attached hydrogen (secondary N) is 1. The van der Waals surface area contributed by atoms with Gasteiger partial charge in [-0.1, -0.05) is 60.7 Å². The number of aromatic nitrogens is 1. The van der Waals surface area contributed by atoms with Crippen LogP contribution in [0.1, 0.15) is 22.8 Å². The Morgan fingerprint density at radius 1 is 0.920 bits per heavy atom. The van der Waals surface area contributed by atoms with Gasteiger partial charge in [0.25, 0.3) is 5.91 Å². The molecule has 0 aliphatic heterocycles. The van der Waals surface area contributed by atoms with Crippen LogP contribution >= 0.6 is 0 Å². The quantitative estimate of drug-likeness (QED) is 0.557. The standard InChI is InChI=1S/C20H17N3O2/c24-19(16-10-5-2-6-11-16)20(25)23-22-18(15-8-3-1-4-9-15)17-12-7-13-21-14-17/h1-14,19,24H,(H,23,25)/b22-18+. The minimum absolute atomic E-state index is 0.512. The Morgan fingerprint density at radius 3 is 2.20 bits per heavy atom. The third-order valence-corrected chi connectivity index (χ3v) is 3.62. The zero-order chi connectivity index (χ0) is 17.5. The topological polar surface area (TPSA) is 74.6 Å². The van der Waals surface area contributed by atoms with E-state index in [0.717, 1.165) is 11.1 Å². The molecular weight excluding hydrogens is 314 g/mol. The van der Waals surface area contributed by atoms with Crippen LogP contribution in [0.2, 0.25) is 0 Å². The summed E-state index contributed by atoms with van der Waals surface area (Å²) < 4.78 is 0. The normalized spacial score (nSPS) is 12.4. The van der Waals surface area contributed by atoms with Crippen molar-refractivity contribution in [2.24, 2.45) is 5.10 Å². The van der Waals surface area contributed by atoms with Gasteiger partial charge in [-0.2, -0.15) is 5.10 Å². The summed E-state index contributed by atoms with van der Waals surface area (Å²) in [5.74, 6) is -0.594. The maximum Gasteiger partial charge on any atom is 0.273 e. The number of pyridine rings is 1. The Bertz CT molecular complexity index is 808. The molecule has 1 unspecified atom stereocenters. The largest absolute Gasteiger partial charge is 0.378 e. The molecule has 1 atom stereocenters. The molecule has 0 bridgehead atoms. The second kappa shape index (κ2) is 7.99. The van der Waals surface area contributed by atoms with E-state index in [1.165, 1.54) is 0 Å². The zero-order valence-electron chi connectivity index (χ0n) is 13.4. The van der Waals surface area contributed by atoms with Gasteiger partial charge in [-0.25, -0.2) is 5.43 Å². The lowest BCUT2D eigenvalue weighted by Crippen LogP contribution is -2.26. The van der Waals surface area contributed by atoms with Gasteiger partial charge in [-0.15, -0.1) is 0 Å². The summed E-state index contributed by atoms with van der Waals surface area (Å²) in [6.45, 7) is 0. The van der Waals surface area contributed by atoms with Crippen molar-refractivity contribution in [2.45, 2.75) is 6.10 Å². The molecule has 0 spiro atoms. The first-order chi connectivity index (χ1) is 12.3. The van der Waals surface area contributed by atoms with Crippen LogP contribution in [0.4, 0.5) is 0 Å². The average molecular weight is 331 g/mol. The predicted molar refractivity (Wildman–Crippen MR) is 95.9 cm³/mol. The highest BCUT2D eigenvalue weighted by molar-refractivity contribution is 6.13. The summed E-state index contributed by atoms with van der Waals surface area (Å²) >= 11 is 0. The number of hydrogen-bond acceptors (Lipinski definition) is 4. The van der Waals surface area contributed by atoms with Gasteiger partial charge in [0.05, 0.1) is 5.71 Å². The molecule has 124 valence electrons. The monoisotopic (exact) mass is 331 g/mol. The SMILES string of the molecule is O=C(N/N=C(\c1ccccc1)c1cccnc1)C(O)c1ccccc1. The fraction of sp³-hybridized carbons (Fsp3) is 0.0500. The van der Waals surface area contributed by atoms with Crippen LogP contribution in [0, 0.1) is 0 Å². The summed E-state index contributed by atoms with van der Waals surface area (Å²) in [7, 11) is 0. The van der Waals surface area contributed by atoms with Crippen molar-refractivity contribution in [1.29, 1.82) is 0 Å². The lowest BCUT2D eigenvalue weighted by molar-refractivity contribution is -0.129. The van der Waals surface area contributed by atoms with Crippen LogP contribution in [0.15, 0.2) is 90.3 Å². The summed E-state index contributed by atoms with van der Waals surface area (Å²) in [4.78, 5) is 16.3. The highest BCUT2D eigenvalue weighted by atomic mass is 16.3. The van der Waals surface area contributed by atoms with Crippen molar-refractivity contribution >= 4 is 11.6 Å². The first-order valence-corrected chi connectivity index (χ1v) is 7.82. The van der Waals surface area contributed by atoms with Gasteiger partial charge >= 0.3 is 0 Å². The van der Waals surface area contributed by atoms with Crippen molar-refractivity contribution < 1.29 is 9.90 Å². The average Bonchev–Trinajstić information content (AvgIpc) is 2.70. The molecule has 5 heteroatoms. The summed E-state index contributed by atoms with van der Waals surface area (Å²) in [6.07, 6.45) is 2.06. The maximum atomic E-state index is 12.2. The number of carbonyl (C=O) groups excluding carboxylic acids is 1. The second-order valence-electron chi connectivity index (χ2n) is 5.36. The zero-order valence-corrected chi connectivity index (χ0v) is 13.4. The molecule has 1 aromatic heterocycles. The molecule has 0 aliphatic carbocycles. The number of hydrogen-bond donors (Lipinski definition) is 2. The molecule has 0 radical (unpaired) electrons. The van der Waals surface area contributed by atoms with E-state index >= 15 is 0 Å². The van der Waals surface area contributed by atoms with Gasteiger partial charge in [0, 0.05) is 23.5 Å². The van der Waals surface area contributed by atoms with Crippen LogP contribution in [-0.4, -0.2) is 21.7 Å². The number of nitrogens with zero attached hydrogens (tertiary/aromatic N) is 2. The highest BCUT2D eigenvalue weighted by Crippen LogP contribution is 2.13. The van der Waals surface area contributed by atoms with Crippen LogP contribution < -0.4 is 5.43 Å². The molecule has 2 aromatic carbocycles. The number of aliphatic hydroxyl groups is 1. The predicted octanol–water partition coefficient (Wildman–Crippen LogP) is 2.68. The third kappa shape index (κ3) is 4.16. The number of hydrazone groups is 1. The fourth-order valence-electron chi connectivity index (χ4n) is 2.35. The number of carbonyl (C=O) groups is 1. The molecule has 1 amide bonds. The Morgan fingerprint density at radius 2 is 1.56 bits per heavy atom. The minimum Gasteiger partial charge on any atom is -0.378 e. The van der Waals surface area contributed by atoms with E-state index in [4.69, 9.17) is 0 Å². The van der Waals surface area contributed by atoms with E-state index < -0.39 is 12.0 Å². The molecule has 25 heavy (non-hydrogen) atoms. The van der Waals surface area contributed by atoms with Gasteiger partial charge in [-0.3, -0.25) is 9.78 Å². The van der Waals surface area contributed by atoms with Crippen LogP contribution in [-0.2, 0) is 4.79 Å². The number of aliphatic hydroxyl groups excluding tert-OH is 1. The van der Waals surface area contributed by atoms with Crippen molar-refractivity contribution in [3.63, 3.8) is 0 Å². The van der Waals surface area contributed by atoms with Crippen LogP contribution in [0.25, 0.3) is 0 Å². The van der Waals surface area contributed by atoms with Crippen molar-refractivity contribution in [3.05, 3.63) is 102 Å². The van der Waals surface area contributed by atoms with Crippen molar-refractivity contribution in [2.75, 3.05) is 0 Å². The lowest BCUT2D eigenvalue weighted by Gasteiger charge is -2.11. The van der Waals surface area contributed by atoms with E-state index in [2.05, 4.69) is 15.5 Å². The molecule has 0 aliphatic rings. The second-order valence-corrected chi connectivity index (χ2v) is 5.36. The first-order valence-electron chi connectivity index (χ1n) is 7.82. The number of amides is 1. The van der Waals surface area contributed by atoms with Gasteiger partial charge in [0.2, 0.25) is 0 Å². The molecule has 3 aromatic rings. The molecule has 0 saturated heterocycles. The maximum absolute atomic E-state index is 12.2. The molecule has 3 rings (SSSR count). The molecule has 1 heterocycles. The van der Waals surface area contributed by atoms with E-state index in [1.54, 1.807) is 42.7 Å². The van der Waals surface area contributed by atoms with Gasteiger partial charge < -0.3 is 5.11 Å². The van der Waals surface area contributed by atoms with Gasteiger partial charge in [0.15, 0.2) is 6.10 Å². The lowest BCUT2D eigenvalue weighted by atomic mass is 10.0. The molecule has 2 N–H and O–H groups in total. The van der Waals surface area contributed by atoms with E-state index in [0.29, 0.717) is 11.3 Å². The summed E-state index contributed by atoms with van der Waals surface area (Å²) in [5.41, 5.74) is 5.14. The molecule has 0 fully saturated rings. The Hall–Kier alpha value is -3.31. The Labute approximate surface area is 145 Å². The molecular formula is C20H17N3O2. The summed E-state index contributed by atoms with van der Waals surface area (Å²) in [5, 5.41) is 14.4. The number of rotatable bonds is 5. The Kier molecular flexibility index (Phi) is 5.29. The van der Waals surface area contributed by atoms with Crippen LogP contribution in [0.3, 0.4) is 0 Å². The summed E-state index contributed by atoms with van der Waals surface area (Å²) in [6, 6.07) is 21.9. The van der Waals surface area contributed by atoms with E-state index in [1.807, 2.05) is 42.5 Å². The van der Waals surface area contributed by atoms with Crippen LogP contribution in [0.5, 0.6) is 0 Å². The van der Waals surface area contributed by atoms with Gasteiger partial charge in [-0.05, 0) is 17.7 Å².